The lowest BCUT2D eigenvalue weighted by molar-refractivity contribution is -0.131. The van der Waals surface area contributed by atoms with Crippen molar-refractivity contribution >= 4 is 17.7 Å². The van der Waals surface area contributed by atoms with Gasteiger partial charge >= 0.3 is 0 Å². The molecule has 0 aromatic carbocycles. The number of aromatic nitrogens is 2. The van der Waals surface area contributed by atoms with Gasteiger partial charge < -0.3 is 9.47 Å². The predicted octanol–water partition coefficient (Wildman–Crippen LogP) is 3.26. The van der Waals surface area contributed by atoms with Gasteiger partial charge in [-0.1, -0.05) is 17.8 Å². The highest BCUT2D eigenvalue weighted by molar-refractivity contribution is 8.00. The van der Waals surface area contributed by atoms with Crippen molar-refractivity contribution in [1.29, 1.82) is 0 Å². The molecule has 2 aromatic heterocycles. The molecule has 0 bridgehead atoms. The molecular weight excluding hydrogens is 294 g/mol. The normalized spacial score (nSPS) is 19.4. The van der Waals surface area contributed by atoms with E-state index < -0.39 is 0 Å². The van der Waals surface area contributed by atoms with Gasteiger partial charge in [0.15, 0.2) is 0 Å². The fourth-order valence-electron chi connectivity index (χ4n) is 3.04. The molecule has 1 aliphatic heterocycles. The van der Waals surface area contributed by atoms with Crippen LogP contribution in [0.4, 0.5) is 0 Å². The maximum absolute atomic E-state index is 12.8. The summed E-state index contributed by atoms with van der Waals surface area (Å²) < 4.78 is 2.12. The topological polar surface area (TPSA) is 38.1 Å². The quantitative estimate of drug-likeness (QED) is 0.813. The molecule has 0 radical (unpaired) electrons. The fourth-order valence-corrected chi connectivity index (χ4v) is 3.92. The van der Waals surface area contributed by atoms with Crippen LogP contribution in [0.5, 0.6) is 0 Å². The van der Waals surface area contributed by atoms with Crippen molar-refractivity contribution in [3.8, 4) is 0 Å². The number of hydrogen-bond donors (Lipinski definition) is 0. The molecule has 0 N–H and O–H groups in total. The molecule has 2 aromatic rings. The highest BCUT2D eigenvalue weighted by atomic mass is 32.2. The second-order valence-corrected chi connectivity index (χ2v) is 7.02. The van der Waals surface area contributed by atoms with Crippen molar-refractivity contribution < 1.29 is 4.79 Å². The Morgan fingerprint density at radius 3 is 2.91 bits per heavy atom. The minimum Gasteiger partial charge on any atom is -0.353 e. The van der Waals surface area contributed by atoms with E-state index in [1.807, 2.05) is 49.3 Å². The van der Waals surface area contributed by atoms with Gasteiger partial charge in [0.25, 0.3) is 0 Å². The fraction of sp³-hybridized carbons (Fsp3) is 0.412. The van der Waals surface area contributed by atoms with Gasteiger partial charge in [-0.25, -0.2) is 4.98 Å². The molecular formula is C17H21N3OS. The van der Waals surface area contributed by atoms with E-state index in [1.165, 1.54) is 17.5 Å². The Kier molecular flexibility index (Phi) is 4.52. The zero-order valence-corrected chi connectivity index (χ0v) is 13.8. The van der Waals surface area contributed by atoms with Crippen molar-refractivity contribution in [3.05, 3.63) is 48.4 Å². The lowest BCUT2D eigenvalue weighted by Crippen LogP contribution is -2.36. The highest BCUT2D eigenvalue weighted by Crippen LogP contribution is 2.34. The Hall–Kier alpha value is -1.75. The van der Waals surface area contributed by atoms with Crippen LogP contribution in [0.1, 0.15) is 31.5 Å². The van der Waals surface area contributed by atoms with Crippen LogP contribution < -0.4 is 0 Å². The summed E-state index contributed by atoms with van der Waals surface area (Å²) in [7, 11) is 2.04. The van der Waals surface area contributed by atoms with Gasteiger partial charge in [-0.3, -0.25) is 4.79 Å². The Balaban J connectivity index is 1.72. The molecule has 1 fully saturated rings. The molecule has 0 spiro atoms. The minimum atomic E-state index is -0.115. The highest BCUT2D eigenvalue weighted by Gasteiger charge is 2.33. The van der Waals surface area contributed by atoms with E-state index >= 15 is 0 Å². The van der Waals surface area contributed by atoms with Gasteiger partial charge in [0.1, 0.15) is 0 Å². The van der Waals surface area contributed by atoms with Crippen LogP contribution in [0.25, 0.3) is 0 Å². The molecule has 1 amide bonds. The molecule has 1 saturated heterocycles. The summed E-state index contributed by atoms with van der Waals surface area (Å²) in [5.41, 5.74) is 1.22. The van der Waals surface area contributed by atoms with E-state index in [0.717, 1.165) is 24.4 Å². The third-order valence-electron chi connectivity index (χ3n) is 4.14. The molecule has 2 unspecified atom stereocenters. The van der Waals surface area contributed by atoms with Crippen LogP contribution >= 0.6 is 11.8 Å². The molecule has 22 heavy (non-hydrogen) atoms. The summed E-state index contributed by atoms with van der Waals surface area (Å²) in [6.45, 7) is 2.82. The maximum atomic E-state index is 12.8. The second kappa shape index (κ2) is 6.57. The molecule has 5 heteroatoms. The lowest BCUT2D eigenvalue weighted by atomic mass is 10.1. The van der Waals surface area contributed by atoms with Gasteiger partial charge in [0.05, 0.1) is 16.3 Å². The number of carbonyl (C=O) groups is 1. The molecule has 1 aliphatic rings. The summed E-state index contributed by atoms with van der Waals surface area (Å²) in [5, 5.41) is 0.786. The predicted molar refractivity (Wildman–Crippen MR) is 88.7 cm³/mol. The third kappa shape index (κ3) is 3.04. The van der Waals surface area contributed by atoms with Crippen molar-refractivity contribution in [1.82, 2.24) is 14.5 Å². The van der Waals surface area contributed by atoms with Crippen LogP contribution in [-0.4, -0.2) is 32.2 Å². The zero-order valence-electron chi connectivity index (χ0n) is 13.0. The van der Waals surface area contributed by atoms with E-state index in [4.69, 9.17) is 0 Å². The maximum Gasteiger partial charge on any atom is 0.236 e. The first-order valence-electron chi connectivity index (χ1n) is 7.66. The van der Waals surface area contributed by atoms with Crippen LogP contribution in [0.3, 0.4) is 0 Å². The summed E-state index contributed by atoms with van der Waals surface area (Å²) >= 11 is 1.53. The Morgan fingerprint density at radius 2 is 2.23 bits per heavy atom. The van der Waals surface area contributed by atoms with E-state index in [1.54, 1.807) is 6.20 Å². The number of aryl methyl sites for hydroxylation is 1. The molecule has 4 nitrogen and oxygen atoms in total. The SMILES string of the molecule is CC(Sc1ccccn1)C(=O)N1CCCC1c1cccn1C. The molecule has 3 rings (SSSR count). The number of rotatable bonds is 4. The molecule has 0 saturated carbocycles. The summed E-state index contributed by atoms with van der Waals surface area (Å²) in [4.78, 5) is 19.2. The summed E-state index contributed by atoms with van der Waals surface area (Å²) in [5.74, 6) is 0.208. The average Bonchev–Trinajstić information content (AvgIpc) is 3.15. The van der Waals surface area contributed by atoms with Gasteiger partial charge in [-0.15, -0.1) is 0 Å². The number of pyridine rings is 1. The Bertz CT molecular complexity index is 640. The lowest BCUT2D eigenvalue weighted by Gasteiger charge is -2.27. The first kappa shape index (κ1) is 15.2. The molecule has 116 valence electrons. The minimum absolute atomic E-state index is 0.115. The van der Waals surface area contributed by atoms with Crippen molar-refractivity contribution in [3.63, 3.8) is 0 Å². The summed E-state index contributed by atoms with van der Waals surface area (Å²) in [6.07, 6.45) is 5.93. The summed E-state index contributed by atoms with van der Waals surface area (Å²) in [6, 6.07) is 10.2. The third-order valence-corrected chi connectivity index (χ3v) is 5.18. The van der Waals surface area contributed by atoms with Gasteiger partial charge in [0, 0.05) is 31.7 Å². The second-order valence-electron chi connectivity index (χ2n) is 5.66. The van der Waals surface area contributed by atoms with Gasteiger partial charge in [0.2, 0.25) is 5.91 Å². The standard InChI is InChI=1S/C17H21N3OS/c1-13(22-16-9-3-4-10-18-16)17(21)20-12-6-8-15(20)14-7-5-11-19(14)2/h3-5,7,9-11,13,15H,6,8,12H2,1-2H3. The average molecular weight is 315 g/mol. The van der Waals surface area contributed by atoms with E-state index in [-0.39, 0.29) is 17.2 Å². The number of amides is 1. The van der Waals surface area contributed by atoms with Crippen LogP contribution in [0.15, 0.2) is 47.8 Å². The van der Waals surface area contributed by atoms with Gasteiger partial charge in [-0.2, -0.15) is 0 Å². The molecule has 0 aliphatic carbocycles. The van der Waals surface area contributed by atoms with Gasteiger partial charge in [-0.05, 0) is 44.0 Å². The van der Waals surface area contributed by atoms with Crippen LogP contribution in [0.2, 0.25) is 0 Å². The zero-order chi connectivity index (χ0) is 15.5. The first-order chi connectivity index (χ1) is 10.7. The van der Waals surface area contributed by atoms with Crippen LogP contribution in [-0.2, 0) is 11.8 Å². The first-order valence-corrected chi connectivity index (χ1v) is 8.54. The Labute approximate surface area is 135 Å². The number of hydrogen-bond acceptors (Lipinski definition) is 3. The van der Waals surface area contributed by atoms with E-state index in [9.17, 15) is 4.79 Å². The molecule has 2 atom stereocenters. The van der Waals surface area contributed by atoms with Crippen molar-refractivity contribution in [2.24, 2.45) is 7.05 Å². The monoisotopic (exact) mass is 315 g/mol. The van der Waals surface area contributed by atoms with Crippen LogP contribution in [0, 0.1) is 0 Å². The number of likely N-dealkylation sites (tertiary alicyclic amines) is 1. The Morgan fingerprint density at radius 1 is 1.36 bits per heavy atom. The van der Waals surface area contributed by atoms with E-state index in [2.05, 4.69) is 15.6 Å². The smallest absolute Gasteiger partial charge is 0.236 e. The number of nitrogens with zero attached hydrogens (tertiary/aromatic N) is 3. The number of thioether (sulfide) groups is 1. The number of carbonyl (C=O) groups excluding carboxylic acids is 1. The molecule has 3 heterocycles. The van der Waals surface area contributed by atoms with Crippen molar-refractivity contribution in [2.75, 3.05) is 6.54 Å². The van der Waals surface area contributed by atoms with Crippen molar-refractivity contribution in [2.45, 2.75) is 36.1 Å². The van der Waals surface area contributed by atoms with E-state index in [0.29, 0.717) is 0 Å². The largest absolute Gasteiger partial charge is 0.353 e.